The highest BCUT2D eigenvalue weighted by molar-refractivity contribution is 7.89. The second kappa shape index (κ2) is 10.6. The van der Waals surface area contributed by atoms with E-state index in [1.165, 1.54) is 4.31 Å². The van der Waals surface area contributed by atoms with Crippen molar-refractivity contribution >= 4 is 22.0 Å². The molecule has 29 heavy (non-hydrogen) atoms. The van der Waals surface area contributed by atoms with Gasteiger partial charge < -0.3 is 16.0 Å². The van der Waals surface area contributed by atoms with Gasteiger partial charge in [0.15, 0.2) is 0 Å². The summed E-state index contributed by atoms with van der Waals surface area (Å²) in [6.45, 7) is 6.05. The molecule has 0 radical (unpaired) electrons. The molecule has 1 atom stereocenters. The maximum atomic E-state index is 12.9. The first kappa shape index (κ1) is 23.2. The number of hydrogen-bond donors (Lipinski definition) is 2. The summed E-state index contributed by atoms with van der Waals surface area (Å²) in [7, 11) is -3.55. The Hall–Kier alpha value is -2.13. The molecule has 162 valence electrons. The van der Waals surface area contributed by atoms with Gasteiger partial charge >= 0.3 is 6.03 Å². The number of urea groups is 1. The summed E-state index contributed by atoms with van der Waals surface area (Å²) in [5, 5.41) is 2.49. The Kier molecular flexibility index (Phi) is 8.45. The van der Waals surface area contributed by atoms with Crippen LogP contribution in [0.4, 0.5) is 4.79 Å². The molecule has 8 nitrogen and oxygen atoms in total. The molecule has 0 bridgehead atoms. The van der Waals surface area contributed by atoms with E-state index in [9.17, 15) is 18.0 Å². The van der Waals surface area contributed by atoms with Crippen LogP contribution in [-0.2, 0) is 14.8 Å². The van der Waals surface area contributed by atoms with Crippen molar-refractivity contribution in [3.63, 3.8) is 0 Å². The van der Waals surface area contributed by atoms with Gasteiger partial charge in [0.05, 0.1) is 4.90 Å². The fraction of sp³-hybridized carbons (Fsp3) is 0.600. The fourth-order valence-corrected chi connectivity index (χ4v) is 4.72. The van der Waals surface area contributed by atoms with Crippen LogP contribution in [0.5, 0.6) is 0 Å². The highest BCUT2D eigenvalue weighted by atomic mass is 32.2. The van der Waals surface area contributed by atoms with E-state index in [0.717, 1.165) is 12.0 Å². The van der Waals surface area contributed by atoms with Crippen LogP contribution >= 0.6 is 0 Å². The first-order valence-corrected chi connectivity index (χ1v) is 11.6. The third-order valence-electron chi connectivity index (χ3n) is 5.41. The largest absolute Gasteiger partial charge is 0.352 e. The number of piperazine rings is 1. The third-order valence-corrected chi connectivity index (χ3v) is 7.32. The molecule has 0 saturated carbocycles. The van der Waals surface area contributed by atoms with E-state index < -0.39 is 16.1 Å². The number of amides is 3. The Morgan fingerprint density at radius 2 is 1.72 bits per heavy atom. The van der Waals surface area contributed by atoms with E-state index >= 15 is 0 Å². The number of carbonyl (C=O) groups is 2. The number of nitrogens with two attached hydrogens (primary N) is 1. The van der Waals surface area contributed by atoms with Gasteiger partial charge in [-0.3, -0.25) is 4.79 Å². The van der Waals surface area contributed by atoms with Crippen molar-refractivity contribution < 1.29 is 18.0 Å². The highest BCUT2D eigenvalue weighted by Crippen LogP contribution is 2.23. The van der Waals surface area contributed by atoms with Crippen molar-refractivity contribution in [2.24, 2.45) is 5.73 Å². The molecule has 0 aliphatic carbocycles. The standard InChI is InChI=1S/C20H32N4O4S/c1-3-16(2)17-7-9-18(10-8-17)29(27,28)24-14-12-23(13-15-24)19(25)6-4-5-11-22-20(21)26/h7-10,16H,3-6,11-15H2,1-2H3,(H3,21,22,26)/t16-/m1/s1. The number of primary amides is 1. The number of unbranched alkanes of at least 4 members (excludes halogenated alkanes) is 1. The molecule has 0 aromatic heterocycles. The van der Waals surface area contributed by atoms with Crippen LogP contribution < -0.4 is 11.1 Å². The monoisotopic (exact) mass is 424 g/mol. The van der Waals surface area contributed by atoms with Crippen LogP contribution in [0.2, 0.25) is 0 Å². The number of hydrogen-bond acceptors (Lipinski definition) is 4. The SMILES string of the molecule is CC[C@@H](C)c1ccc(S(=O)(=O)N2CCN(C(=O)CCCCNC(N)=O)CC2)cc1. The van der Waals surface area contributed by atoms with Gasteiger partial charge in [-0.15, -0.1) is 0 Å². The van der Waals surface area contributed by atoms with Gasteiger partial charge in [0.2, 0.25) is 15.9 Å². The lowest BCUT2D eigenvalue weighted by Gasteiger charge is -2.34. The number of sulfonamides is 1. The molecule has 1 aromatic rings. The van der Waals surface area contributed by atoms with Crippen molar-refractivity contribution in [2.75, 3.05) is 32.7 Å². The van der Waals surface area contributed by atoms with E-state index in [0.29, 0.717) is 62.8 Å². The van der Waals surface area contributed by atoms with Gasteiger partial charge in [-0.05, 0) is 42.9 Å². The van der Waals surface area contributed by atoms with Gasteiger partial charge in [0.1, 0.15) is 0 Å². The fourth-order valence-electron chi connectivity index (χ4n) is 3.30. The summed E-state index contributed by atoms with van der Waals surface area (Å²) in [5.74, 6) is 0.409. The van der Waals surface area contributed by atoms with Gasteiger partial charge in [-0.2, -0.15) is 4.31 Å². The summed E-state index contributed by atoms with van der Waals surface area (Å²) >= 11 is 0. The molecule has 1 aromatic carbocycles. The zero-order valence-corrected chi connectivity index (χ0v) is 18.1. The van der Waals surface area contributed by atoms with Crippen LogP contribution in [0.3, 0.4) is 0 Å². The van der Waals surface area contributed by atoms with Crippen LogP contribution in [0.1, 0.15) is 51.0 Å². The molecule has 2 rings (SSSR count). The van der Waals surface area contributed by atoms with E-state index in [1.807, 2.05) is 12.1 Å². The summed E-state index contributed by atoms with van der Waals surface area (Å²) in [6.07, 6.45) is 2.71. The average molecular weight is 425 g/mol. The summed E-state index contributed by atoms with van der Waals surface area (Å²) in [6, 6.07) is 6.55. The average Bonchev–Trinajstić information content (AvgIpc) is 2.72. The van der Waals surface area contributed by atoms with Crippen LogP contribution in [-0.4, -0.2) is 62.3 Å². The topological polar surface area (TPSA) is 113 Å². The molecule has 9 heteroatoms. The third kappa shape index (κ3) is 6.43. The molecule has 0 spiro atoms. The van der Waals surface area contributed by atoms with Crippen molar-refractivity contribution in [1.82, 2.24) is 14.5 Å². The molecule has 1 saturated heterocycles. The quantitative estimate of drug-likeness (QED) is 0.589. The van der Waals surface area contributed by atoms with Gasteiger partial charge in [-0.25, -0.2) is 13.2 Å². The molecule has 3 N–H and O–H groups in total. The Bertz CT molecular complexity index is 787. The predicted octanol–water partition coefficient (Wildman–Crippen LogP) is 1.87. The van der Waals surface area contributed by atoms with E-state index in [4.69, 9.17) is 5.73 Å². The lowest BCUT2D eigenvalue weighted by Crippen LogP contribution is -2.50. The maximum absolute atomic E-state index is 12.9. The zero-order valence-electron chi connectivity index (χ0n) is 17.3. The first-order valence-electron chi connectivity index (χ1n) is 10.2. The van der Waals surface area contributed by atoms with Crippen molar-refractivity contribution in [3.8, 4) is 0 Å². The lowest BCUT2D eigenvalue weighted by atomic mass is 9.99. The van der Waals surface area contributed by atoms with E-state index in [-0.39, 0.29) is 5.91 Å². The second-order valence-electron chi connectivity index (χ2n) is 7.41. The highest BCUT2D eigenvalue weighted by Gasteiger charge is 2.29. The molecule has 3 amide bonds. The molecule has 1 aliphatic rings. The summed E-state index contributed by atoms with van der Waals surface area (Å²) in [4.78, 5) is 24.9. The van der Waals surface area contributed by atoms with Gasteiger partial charge in [0, 0.05) is 39.1 Å². The van der Waals surface area contributed by atoms with Crippen LogP contribution in [0.25, 0.3) is 0 Å². The number of nitrogens with one attached hydrogen (secondary N) is 1. The van der Waals surface area contributed by atoms with Crippen LogP contribution in [0.15, 0.2) is 29.2 Å². The van der Waals surface area contributed by atoms with Gasteiger partial charge in [-0.1, -0.05) is 26.0 Å². The first-order chi connectivity index (χ1) is 13.8. The smallest absolute Gasteiger partial charge is 0.312 e. The minimum Gasteiger partial charge on any atom is -0.352 e. The summed E-state index contributed by atoms with van der Waals surface area (Å²) in [5.41, 5.74) is 6.12. The molecule has 1 heterocycles. The molecule has 0 unspecified atom stereocenters. The number of carbonyl (C=O) groups excluding carboxylic acids is 2. The van der Waals surface area contributed by atoms with Crippen molar-refractivity contribution in [3.05, 3.63) is 29.8 Å². The number of benzene rings is 1. The maximum Gasteiger partial charge on any atom is 0.312 e. The molecule has 1 fully saturated rings. The van der Waals surface area contributed by atoms with E-state index in [1.54, 1.807) is 17.0 Å². The molecule has 1 aliphatic heterocycles. The Balaban J connectivity index is 1.84. The Morgan fingerprint density at radius 1 is 1.10 bits per heavy atom. The van der Waals surface area contributed by atoms with Gasteiger partial charge in [0.25, 0.3) is 0 Å². The molecular formula is C20H32N4O4S. The zero-order chi connectivity index (χ0) is 21.4. The number of rotatable bonds is 9. The van der Waals surface area contributed by atoms with Crippen molar-refractivity contribution in [1.29, 1.82) is 0 Å². The Labute approximate surface area is 173 Å². The lowest BCUT2D eigenvalue weighted by molar-refractivity contribution is -0.132. The van der Waals surface area contributed by atoms with E-state index in [2.05, 4.69) is 19.2 Å². The molecular weight excluding hydrogens is 392 g/mol. The normalized spacial score (nSPS) is 16.4. The number of nitrogens with zero attached hydrogens (tertiary/aromatic N) is 2. The minimum absolute atomic E-state index is 0.0130. The minimum atomic E-state index is -3.55. The Morgan fingerprint density at radius 3 is 2.28 bits per heavy atom. The predicted molar refractivity (Wildman–Crippen MR) is 112 cm³/mol. The second-order valence-corrected chi connectivity index (χ2v) is 9.35. The van der Waals surface area contributed by atoms with Crippen LogP contribution in [0, 0.1) is 0 Å². The summed E-state index contributed by atoms with van der Waals surface area (Å²) < 4.78 is 27.2. The van der Waals surface area contributed by atoms with Crippen molar-refractivity contribution in [2.45, 2.75) is 50.3 Å².